The van der Waals surface area contributed by atoms with Crippen LogP contribution in [0.25, 0.3) is 0 Å². The molecule has 2 nitrogen and oxygen atoms in total. The van der Waals surface area contributed by atoms with Gasteiger partial charge in [-0.15, -0.1) is 0 Å². The molecule has 4 aliphatic rings. The van der Waals surface area contributed by atoms with Gasteiger partial charge in [-0.3, -0.25) is 0 Å². The number of nitrogens with one attached hydrogen (secondary N) is 1. The zero-order valence-electron chi connectivity index (χ0n) is 18.4. The Labute approximate surface area is 162 Å². The molecule has 0 bridgehead atoms. The zero-order valence-corrected chi connectivity index (χ0v) is 18.4. The lowest BCUT2D eigenvalue weighted by atomic mass is 9.44. The van der Waals surface area contributed by atoms with Crippen LogP contribution in [0.3, 0.4) is 0 Å². The van der Waals surface area contributed by atoms with Gasteiger partial charge in [0.15, 0.2) is 0 Å². The van der Waals surface area contributed by atoms with Crippen molar-refractivity contribution in [1.29, 1.82) is 0 Å². The van der Waals surface area contributed by atoms with E-state index in [1.807, 2.05) is 0 Å². The summed E-state index contributed by atoms with van der Waals surface area (Å²) in [6.45, 7) is 7.89. The standard InChI is InChI=1S/C24H44N2/c1-16(26(5)6)20-9-10-21-19-8-7-17-15-18(25-4)11-13-23(17,2)22(19)12-14-24(20,21)3/h16-22,25H,7-15H2,1-6H3/t16-,17-,18+,19-,20+,21-,22-,23-,24+/m0/s1. The molecule has 4 fully saturated rings. The molecule has 4 saturated carbocycles. The van der Waals surface area contributed by atoms with Crippen LogP contribution in [0.4, 0.5) is 0 Å². The van der Waals surface area contributed by atoms with Gasteiger partial charge in [0.05, 0.1) is 0 Å². The van der Waals surface area contributed by atoms with Gasteiger partial charge in [0, 0.05) is 12.1 Å². The normalized spacial score (nSPS) is 52.3. The fraction of sp³-hybridized carbons (Fsp3) is 1.00. The summed E-state index contributed by atoms with van der Waals surface area (Å²) < 4.78 is 0. The van der Waals surface area contributed by atoms with Gasteiger partial charge < -0.3 is 10.2 Å². The Morgan fingerprint density at radius 1 is 0.885 bits per heavy atom. The Bertz CT molecular complexity index is 516. The molecule has 0 aromatic carbocycles. The summed E-state index contributed by atoms with van der Waals surface area (Å²) in [6.07, 6.45) is 13.4. The third-order valence-electron chi connectivity index (χ3n) is 10.5. The fourth-order valence-corrected chi connectivity index (χ4v) is 8.71. The molecule has 0 unspecified atom stereocenters. The zero-order chi connectivity index (χ0) is 18.7. The Kier molecular flexibility index (Phi) is 5.01. The van der Waals surface area contributed by atoms with Crippen molar-refractivity contribution in [2.45, 2.75) is 90.6 Å². The van der Waals surface area contributed by atoms with Gasteiger partial charge >= 0.3 is 0 Å². The van der Waals surface area contributed by atoms with Crippen molar-refractivity contribution in [3.63, 3.8) is 0 Å². The van der Waals surface area contributed by atoms with Crippen molar-refractivity contribution in [2.24, 2.45) is 40.4 Å². The first-order valence-electron chi connectivity index (χ1n) is 11.6. The Morgan fingerprint density at radius 3 is 2.27 bits per heavy atom. The van der Waals surface area contributed by atoms with E-state index >= 15 is 0 Å². The average molecular weight is 361 g/mol. The van der Waals surface area contributed by atoms with Crippen LogP contribution >= 0.6 is 0 Å². The molecule has 2 heteroatoms. The van der Waals surface area contributed by atoms with Gasteiger partial charge in [-0.25, -0.2) is 0 Å². The van der Waals surface area contributed by atoms with Gasteiger partial charge in [0.25, 0.3) is 0 Å². The fourth-order valence-electron chi connectivity index (χ4n) is 8.71. The first-order chi connectivity index (χ1) is 12.3. The van der Waals surface area contributed by atoms with Gasteiger partial charge in [-0.05, 0) is 126 Å². The van der Waals surface area contributed by atoms with E-state index in [-0.39, 0.29) is 0 Å². The quantitative estimate of drug-likeness (QED) is 0.745. The Balaban J connectivity index is 1.56. The maximum absolute atomic E-state index is 3.59. The highest BCUT2D eigenvalue weighted by Gasteiger charge is 2.60. The smallest absolute Gasteiger partial charge is 0.00944 e. The lowest BCUT2D eigenvalue weighted by Crippen LogP contribution is -2.55. The molecule has 0 aliphatic heterocycles. The van der Waals surface area contributed by atoms with Crippen molar-refractivity contribution in [3.05, 3.63) is 0 Å². The van der Waals surface area contributed by atoms with E-state index in [4.69, 9.17) is 0 Å². The number of fused-ring (bicyclic) bond motifs is 5. The van der Waals surface area contributed by atoms with E-state index in [0.717, 1.165) is 41.7 Å². The molecule has 0 amide bonds. The minimum absolute atomic E-state index is 0.607. The van der Waals surface area contributed by atoms with Crippen molar-refractivity contribution >= 4 is 0 Å². The van der Waals surface area contributed by atoms with E-state index in [0.29, 0.717) is 10.8 Å². The lowest BCUT2D eigenvalue weighted by molar-refractivity contribution is -0.118. The molecule has 0 radical (unpaired) electrons. The predicted molar refractivity (Wildman–Crippen MR) is 111 cm³/mol. The van der Waals surface area contributed by atoms with E-state index in [9.17, 15) is 0 Å². The first kappa shape index (κ1) is 19.2. The van der Waals surface area contributed by atoms with Crippen molar-refractivity contribution in [2.75, 3.05) is 21.1 Å². The first-order valence-corrected chi connectivity index (χ1v) is 11.6. The largest absolute Gasteiger partial charge is 0.317 e. The molecular weight excluding hydrogens is 316 g/mol. The van der Waals surface area contributed by atoms with E-state index in [1.54, 1.807) is 0 Å². The molecule has 0 aromatic heterocycles. The van der Waals surface area contributed by atoms with Gasteiger partial charge in [-0.2, -0.15) is 0 Å². The highest BCUT2D eigenvalue weighted by Crippen LogP contribution is 2.67. The number of hydrogen-bond donors (Lipinski definition) is 1. The predicted octanol–water partition coefficient (Wildman–Crippen LogP) is 5.18. The molecule has 26 heavy (non-hydrogen) atoms. The third-order valence-corrected chi connectivity index (χ3v) is 10.5. The van der Waals surface area contributed by atoms with Gasteiger partial charge in [0.2, 0.25) is 0 Å². The van der Waals surface area contributed by atoms with Crippen LogP contribution < -0.4 is 5.32 Å². The summed E-state index contributed by atoms with van der Waals surface area (Å²) in [4.78, 5) is 2.49. The summed E-state index contributed by atoms with van der Waals surface area (Å²) in [6, 6.07) is 1.52. The molecule has 1 N–H and O–H groups in total. The molecule has 0 aromatic rings. The second kappa shape index (κ2) is 6.76. The molecule has 0 heterocycles. The Hall–Kier alpha value is -0.0800. The van der Waals surface area contributed by atoms with Crippen LogP contribution in [0.5, 0.6) is 0 Å². The van der Waals surface area contributed by atoms with Gasteiger partial charge in [-0.1, -0.05) is 13.8 Å². The molecule has 0 saturated heterocycles. The molecular formula is C24H44N2. The second-order valence-corrected chi connectivity index (χ2v) is 11.3. The van der Waals surface area contributed by atoms with Crippen LogP contribution in [0.15, 0.2) is 0 Å². The van der Waals surface area contributed by atoms with E-state index < -0.39 is 0 Å². The van der Waals surface area contributed by atoms with Crippen LogP contribution in [-0.4, -0.2) is 38.1 Å². The monoisotopic (exact) mass is 360 g/mol. The van der Waals surface area contributed by atoms with Crippen molar-refractivity contribution < 1.29 is 0 Å². The summed E-state index contributed by atoms with van der Waals surface area (Å²) in [5, 5.41) is 3.59. The highest BCUT2D eigenvalue weighted by atomic mass is 15.1. The minimum Gasteiger partial charge on any atom is -0.317 e. The number of nitrogens with zero attached hydrogens (tertiary/aromatic N) is 1. The number of hydrogen-bond acceptors (Lipinski definition) is 2. The lowest BCUT2D eigenvalue weighted by Gasteiger charge is -2.61. The minimum atomic E-state index is 0.607. The third kappa shape index (κ3) is 2.72. The molecule has 0 spiro atoms. The topological polar surface area (TPSA) is 15.3 Å². The van der Waals surface area contributed by atoms with E-state index in [2.05, 4.69) is 52.1 Å². The van der Waals surface area contributed by atoms with Crippen LogP contribution in [-0.2, 0) is 0 Å². The average Bonchev–Trinajstić information content (AvgIpc) is 2.97. The van der Waals surface area contributed by atoms with E-state index in [1.165, 1.54) is 57.8 Å². The molecule has 4 rings (SSSR count). The van der Waals surface area contributed by atoms with Gasteiger partial charge in [0.1, 0.15) is 0 Å². The van der Waals surface area contributed by atoms with Crippen LogP contribution in [0.1, 0.15) is 78.6 Å². The Morgan fingerprint density at radius 2 is 1.58 bits per heavy atom. The van der Waals surface area contributed by atoms with Crippen molar-refractivity contribution in [3.8, 4) is 0 Å². The molecule has 4 aliphatic carbocycles. The summed E-state index contributed by atoms with van der Waals surface area (Å²) in [5.41, 5.74) is 1.25. The second-order valence-electron chi connectivity index (χ2n) is 11.3. The van der Waals surface area contributed by atoms with Crippen molar-refractivity contribution in [1.82, 2.24) is 10.2 Å². The summed E-state index contributed by atoms with van der Waals surface area (Å²) >= 11 is 0. The van der Waals surface area contributed by atoms with Crippen LogP contribution in [0.2, 0.25) is 0 Å². The SMILES string of the molecule is CN[C@@H]1CC[C@@]2(C)[C@@H](CC[C@@H]3[C@@H]2CC[C@]2(C)[C@@H]([C@H](C)N(C)C)CC[C@@H]32)C1. The summed E-state index contributed by atoms with van der Waals surface area (Å²) in [5.74, 6) is 4.95. The number of rotatable bonds is 3. The molecule has 150 valence electrons. The highest BCUT2D eigenvalue weighted by molar-refractivity contribution is 5.10. The maximum atomic E-state index is 3.59. The molecule has 9 atom stereocenters. The summed E-state index contributed by atoms with van der Waals surface area (Å²) in [7, 11) is 6.76. The van der Waals surface area contributed by atoms with Crippen LogP contribution in [0, 0.1) is 40.4 Å². The maximum Gasteiger partial charge on any atom is 0.00944 e.